The van der Waals surface area contributed by atoms with Crippen molar-refractivity contribution in [2.24, 2.45) is 5.73 Å². The number of nitrogens with one attached hydrogen (secondary N) is 2. The number of carbonyl (C=O) groups excluding carboxylic acids is 2. The Morgan fingerprint density at radius 2 is 2.05 bits per heavy atom. The number of benzene rings is 1. The molecule has 0 aliphatic carbocycles. The van der Waals surface area contributed by atoms with Crippen LogP contribution in [0.5, 0.6) is 0 Å². The summed E-state index contributed by atoms with van der Waals surface area (Å²) in [7, 11) is 1.43. The molecule has 6 nitrogen and oxygen atoms in total. The summed E-state index contributed by atoms with van der Waals surface area (Å²) in [6, 6.07) is 3.86. The number of methoxy groups -OCH3 is 1. The van der Waals surface area contributed by atoms with Crippen molar-refractivity contribution in [2.75, 3.05) is 25.6 Å². The minimum Gasteiger partial charge on any atom is -0.383 e. The minimum atomic E-state index is -0.817. The minimum absolute atomic E-state index is 0. The van der Waals surface area contributed by atoms with Crippen LogP contribution in [0.1, 0.15) is 0 Å². The van der Waals surface area contributed by atoms with Gasteiger partial charge < -0.3 is 21.1 Å². The van der Waals surface area contributed by atoms with Crippen LogP contribution in [0.3, 0.4) is 0 Å². The highest BCUT2D eigenvalue weighted by atomic mass is 35.5. The molecule has 0 aliphatic heterocycles. The first-order valence-electron chi connectivity index (χ1n) is 5.71. The van der Waals surface area contributed by atoms with Crippen molar-refractivity contribution in [1.82, 2.24) is 5.32 Å². The van der Waals surface area contributed by atoms with Crippen LogP contribution in [0.25, 0.3) is 0 Å². The van der Waals surface area contributed by atoms with Crippen molar-refractivity contribution in [3.8, 4) is 0 Å². The zero-order valence-corrected chi connectivity index (χ0v) is 13.5. The molecule has 0 radical (unpaired) electrons. The van der Waals surface area contributed by atoms with Gasteiger partial charge in [-0.1, -0.05) is 23.2 Å². The van der Waals surface area contributed by atoms with Gasteiger partial charge in [0.1, 0.15) is 6.04 Å². The van der Waals surface area contributed by atoms with Gasteiger partial charge in [-0.2, -0.15) is 0 Å². The number of hydrogen-bond acceptors (Lipinski definition) is 4. The Labute approximate surface area is 138 Å². The Balaban J connectivity index is 0.00000400. The van der Waals surface area contributed by atoms with Crippen molar-refractivity contribution >= 4 is 53.1 Å². The van der Waals surface area contributed by atoms with Crippen LogP contribution in [-0.4, -0.2) is 38.1 Å². The van der Waals surface area contributed by atoms with Crippen LogP contribution in [0.2, 0.25) is 10.0 Å². The second-order valence-corrected chi connectivity index (χ2v) is 4.80. The largest absolute Gasteiger partial charge is 0.383 e. The van der Waals surface area contributed by atoms with E-state index in [0.717, 1.165) is 0 Å². The number of anilines is 1. The summed E-state index contributed by atoms with van der Waals surface area (Å²) >= 11 is 11.7. The van der Waals surface area contributed by atoms with Gasteiger partial charge >= 0.3 is 0 Å². The predicted molar refractivity (Wildman–Crippen MR) is 85.2 cm³/mol. The Morgan fingerprint density at radius 1 is 1.38 bits per heavy atom. The number of amides is 2. The van der Waals surface area contributed by atoms with Crippen LogP contribution >= 0.6 is 35.6 Å². The molecule has 0 heterocycles. The van der Waals surface area contributed by atoms with Gasteiger partial charge in [0.25, 0.3) is 0 Å². The molecule has 1 unspecified atom stereocenters. The van der Waals surface area contributed by atoms with E-state index in [1.54, 1.807) is 12.1 Å². The maximum atomic E-state index is 11.7. The topological polar surface area (TPSA) is 93.4 Å². The Bertz CT molecular complexity index is 500. The smallest absolute Gasteiger partial charge is 0.243 e. The molecule has 0 aromatic heterocycles. The first-order chi connectivity index (χ1) is 9.43. The molecule has 1 rings (SSSR count). The molecule has 1 aromatic rings. The number of carbonyl (C=O) groups is 2. The molecule has 9 heteroatoms. The molecule has 0 aliphatic rings. The monoisotopic (exact) mass is 355 g/mol. The van der Waals surface area contributed by atoms with E-state index in [0.29, 0.717) is 15.7 Å². The summed E-state index contributed by atoms with van der Waals surface area (Å²) in [4.78, 5) is 23.1. The normalized spacial score (nSPS) is 11.2. The Morgan fingerprint density at radius 3 is 2.67 bits per heavy atom. The van der Waals surface area contributed by atoms with E-state index in [2.05, 4.69) is 10.6 Å². The van der Waals surface area contributed by atoms with Gasteiger partial charge in [0.2, 0.25) is 11.8 Å². The summed E-state index contributed by atoms with van der Waals surface area (Å²) in [6.07, 6.45) is 0. The molecule has 0 bridgehead atoms. The fourth-order valence-electron chi connectivity index (χ4n) is 1.34. The van der Waals surface area contributed by atoms with E-state index in [-0.39, 0.29) is 25.6 Å². The average Bonchev–Trinajstić information content (AvgIpc) is 2.40. The van der Waals surface area contributed by atoms with Crippen molar-refractivity contribution in [3.05, 3.63) is 28.2 Å². The maximum Gasteiger partial charge on any atom is 0.243 e. The van der Waals surface area contributed by atoms with Gasteiger partial charge in [-0.05, 0) is 18.2 Å². The maximum absolute atomic E-state index is 11.7. The van der Waals surface area contributed by atoms with Crippen LogP contribution in [-0.2, 0) is 14.3 Å². The van der Waals surface area contributed by atoms with Gasteiger partial charge in [0.15, 0.2) is 0 Å². The Hall–Kier alpha value is -1.05. The van der Waals surface area contributed by atoms with Crippen LogP contribution < -0.4 is 16.4 Å². The highest BCUT2D eigenvalue weighted by Gasteiger charge is 2.14. The second kappa shape index (κ2) is 9.81. The van der Waals surface area contributed by atoms with Crippen molar-refractivity contribution in [2.45, 2.75) is 6.04 Å². The van der Waals surface area contributed by atoms with Gasteiger partial charge in [0.05, 0.1) is 23.9 Å². The molecule has 2 amide bonds. The first-order valence-corrected chi connectivity index (χ1v) is 6.46. The lowest BCUT2D eigenvalue weighted by Crippen LogP contribution is -2.45. The molecule has 4 N–H and O–H groups in total. The SMILES string of the molecule is COCC(N)C(=O)NCC(=O)Nc1cc(Cl)ccc1Cl.Cl. The fourth-order valence-corrected chi connectivity index (χ4v) is 1.68. The molecule has 0 fully saturated rings. The zero-order chi connectivity index (χ0) is 15.1. The lowest BCUT2D eigenvalue weighted by Gasteiger charge is -2.12. The lowest BCUT2D eigenvalue weighted by atomic mass is 10.3. The number of halogens is 3. The third-order valence-electron chi connectivity index (χ3n) is 2.31. The summed E-state index contributed by atoms with van der Waals surface area (Å²) in [5.74, 6) is -0.911. The molecule has 0 saturated heterocycles. The second-order valence-electron chi connectivity index (χ2n) is 3.95. The van der Waals surface area contributed by atoms with Crippen molar-refractivity contribution in [1.29, 1.82) is 0 Å². The molecular formula is C12H16Cl3N3O3. The van der Waals surface area contributed by atoms with Crippen LogP contribution in [0.15, 0.2) is 18.2 Å². The summed E-state index contributed by atoms with van der Waals surface area (Å²) in [5.41, 5.74) is 5.88. The van der Waals surface area contributed by atoms with Crippen LogP contribution in [0, 0.1) is 0 Å². The average molecular weight is 357 g/mol. The first kappa shape index (κ1) is 19.9. The summed E-state index contributed by atoms with van der Waals surface area (Å²) < 4.78 is 4.74. The third kappa shape index (κ3) is 6.97. The number of nitrogens with two attached hydrogens (primary N) is 1. The van der Waals surface area contributed by atoms with Gasteiger partial charge in [-0.25, -0.2) is 0 Å². The molecule has 21 heavy (non-hydrogen) atoms. The molecule has 1 atom stereocenters. The summed E-state index contributed by atoms with van der Waals surface area (Å²) in [5, 5.41) is 5.72. The fraction of sp³-hybridized carbons (Fsp3) is 0.333. The summed E-state index contributed by atoms with van der Waals surface area (Å²) in [6.45, 7) is -0.146. The van der Waals surface area contributed by atoms with Crippen LogP contribution in [0.4, 0.5) is 5.69 Å². The zero-order valence-electron chi connectivity index (χ0n) is 11.2. The van der Waals surface area contributed by atoms with E-state index >= 15 is 0 Å². The van der Waals surface area contributed by atoms with Gasteiger partial charge in [0, 0.05) is 12.1 Å². The number of hydrogen-bond donors (Lipinski definition) is 3. The standard InChI is InChI=1S/C12H15Cl2N3O3.ClH/c1-20-6-9(15)12(19)16-5-11(18)17-10-4-7(13)2-3-8(10)14;/h2-4,9H,5-6,15H2,1H3,(H,16,19)(H,17,18);1H. The van der Waals surface area contributed by atoms with E-state index in [9.17, 15) is 9.59 Å². The molecule has 0 saturated carbocycles. The van der Waals surface area contributed by atoms with Gasteiger partial charge in [-0.3, -0.25) is 9.59 Å². The van der Waals surface area contributed by atoms with E-state index in [4.69, 9.17) is 33.7 Å². The highest BCUT2D eigenvalue weighted by molar-refractivity contribution is 6.35. The number of rotatable bonds is 6. The van der Waals surface area contributed by atoms with Crippen molar-refractivity contribution < 1.29 is 14.3 Å². The van der Waals surface area contributed by atoms with Gasteiger partial charge in [-0.15, -0.1) is 12.4 Å². The molecule has 0 spiro atoms. The molecule has 1 aromatic carbocycles. The number of ether oxygens (including phenoxy) is 1. The predicted octanol–water partition coefficient (Wildman–Crippen LogP) is 1.44. The quantitative estimate of drug-likeness (QED) is 0.719. The third-order valence-corrected chi connectivity index (χ3v) is 2.87. The Kier molecular flexibility index (Phi) is 9.32. The molecule has 118 valence electrons. The molecular weight excluding hydrogens is 341 g/mol. The van der Waals surface area contributed by atoms with Crippen molar-refractivity contribution in [3.63, 3.8) is 0 Å². The lowest BCUT2D eigenvalue weighted by molar-refractivity contribution is -0.126. The van der Waals surface area contributed by atoms with E-state index < -0.39 is 17.9 Å². The van der Waals surface area contributed by atoms with E-state index in [1.807, 2.05) is 0 Å². The van der Waals surface area contributed by atoms with E-state index in [1.165, 1.54) is 13.2 Å². The highest BCUT2D eigenvalue weighted by Crippen LogP contribution is 2.25.